The smallest absolute Gasteiger partial charge is 0.211 e. The zero-order valence-electron chi connectivity index (χ0n) is 8.89. The van der Waals surface area contributed by atoms with E-state index in [4.69, 9.17) is 0 Å². The number of hydrogen-bond acceptors (Lipinski definition) is 6. The fraction of sp³-hybridized carbons (Fsp3) is 0.700. The standard InChI is InChI=1S/C10H11N3O3/c1-9(11-6-14)4-2-3-5-10(9,12-7-15)13-8-16/h2-5H2,1H3. The molecule has 0 N–H and O–H groups in total. The first-order valence-electron chi connectivity index (χ1n) is 4.91. The predicted molar refractivity (Wildman–Crippen MR) is 54.0 cm³/mol. The minimum atomic E-state index is -1.34. The number of hydrogen-bond donors (Lipinski definition) is 0. The van der Waals surface area contributed by atoms with Crippen LogP contribution in [0.2, 0.25) is 0 Å². The minimum absolute atomic E-state index is 0.374. The monoisotopic (exact) mass is 221 g/mol. The molecule has 0 bridgehead atoms. The SMILES string of the molecule is CC1(N=C=O)CCCCC1(N=C=O)N=C=O. The zero-order valence-corrected chi connectivity index (χ0v) is 8.89. The molecule has 1 unspecified atom stereocenters. The summed E-state index contributed by atoms with van der Waals surface area (Å²) in [6, 6.07) is 0. The van der Waals surface area contributed by atoms with Crippen LogP contribution in [0.3, 0.4) is 0 Å². The van der Waals surface area contributed by atoms with E-state index in [1.807, 2.05) is 0 Å². The summed E-state index contributed by atoms with van der Waals surface area (Å²) in [5, 5.41) is 0. The van der Waals surface area contributed by atoms with Crippen molar-refractivity contribution in [3.63, 3.8) is 0 Å². The summed E-state index contributed by atoms with van der Waals surface area (Å²) < 4.78 is 0. The third kappa shape index (κ3) is 1.90. The highest BCUT2D eigenvalue weighted by Gasteiger charge is 2.51. The van der Waals surface area contributed by atoms with E-state index < -0.39 is 11.2 Å². The lowest BCUT2D eigenvalue weighted by molar-refractivity contribution is 0.176. The second kappa shape index (κ2) is 4.77. The molecule has 0 heterocycles. The van der Waals surface area contributed by atoms with Crippen molar-refractivity contribution < 1.29 is 14.4 Å². The molecule has 0 aromatic carbocycles. The van der Waals surface area contributed by atoms with Gasteiger partial charge in [0.1, 0.15) is 5.54 Å². The molecule has 0 aliphatic heterocycles. The highest BCUT2D eigenvalue weighted by atomic mass is 16.1. The van der Waals surface area contributed by atoms with Gasteiger partial charge in [-0.25, -0.2) is 14.4 Å². The number of isocyanates is 3. The summed E-state index contributed by atoms with van der Waals surface area (Å²) in [5.74, 6) is 0. The van der Waals surface area contributed by atoms with Crippen molar-refractivity contribution >= 4 is 18.2 Å². The Morgan fingerprint density at radius 3 is 1.88 bits per heavy atom. The van der Waals surface area contributed by atoms with Gasteiger partial charge >= 0.3 is 0 Å². The minimum Gasteiger partial charge on any atom is -0.211 e. The number of rotatable bonds is 3. The van der Waals surface area contributed by atoms with Crippen molar-refractivity contribution in [2.45, 2.75) is 43.8 Å². The van der Waals surface area contributed by atoms with Gasteiger partial charge in [-0.15, -0.1) is 0 Å². The Hall–Kier alpha value is -1.86. The van der Waals surface area contributed by atoms with Gasteiger partial charge in [0.15, 0.2) is 5.66 Å². The van der Waals surface area contributed by atoms with Crippen LogP contribution in [0, 0.1) is 0 Å². The van der Waals surface area contributed by atoms with Crippen LogP contribution in [0.5, 0.6) is 0 Å². The van der Waals surface area contributed by atoms with Gasteiger partial charge in [-0.05, 0) is 26.2 Å². The molecule has 0 saturated heterocycles. The van der Waals surface area contributed by atoms with Crippen molar-refractivity contribution in [3.05, 3.63) is 0 Å². The topological polar surface area (TPSA) is 88.3 Å². The Kier molecular flexibility index (Phi) is 3.64. The number of carbonyl (C=O) groups excluding carboxylic acids is 3. The number of nitrogens with zero attached hydrogens (tertiary/aromatic N) is 3. The Morgan fingerprint density at radius 1 is 0.875 bits per heavy atom. The summed E-state index contributed by atoms with van der Waals surface area (Å²) in [7, 11) is 0. The lowest BCUT2D eigenvalue weighted by atomic mass is 9.74. The largest absolute Gasteiger partial charge is 0.237 e. The molecule has 1 aliphatic carbocycles. The highest BCUT2D eigenvalue weighted by Crippen LogP contribution is 2.43. The summed E-state index contributed by atoms with van der Waals surface area (Å²) in [6.07, 6.45) is 6.69. The van der Waals surface area contributed by atoms with E-state index in [9.17, 15) is 14.4 Å². The van der Waals surface area contributed by atoms with Crippen LogP contribution in [0.1, 0.15) is 32.6 Å². The van der Waals surface area contributed by atoms with Crippen molar-refractivity contribution in [1.82, 2.24) is 0 Å². The molecule has 0 radical (unpaired) electrons. The maximum Gasteiger partial charge on any atom is 0.237 e. The molecule has 1 aliphatic rings. The molecule has 0 aromatic rings. The molecular weight excluding hydrogens is 210 g/mol. The van der Waals surface area contributed by atoms with Gasteiger partial charge in [-0.3, -0.25) is 0 Å². The zero-order chi connectivity index (χ0) is 12.1. The second-order valence-corrected chi connectivity index (χ2v) is 3.91. The van der Waals surface area contributed by atoms with Gasteiger partial charge in [-0.1, -0.05) is 6.42 Å². The third-order valence-electron chi connectivity index (χ3n) is 3.06. The molecule has 84 valence electrons. The highest BCUT2D eigenvalue weighted by molar-refractivity contribution is 5.43. The molecule has 6 heteroatoms. The van der Waals surface area contributed by atoms with Crippen LogP contribution in [0.25, 0.3) is 0 Å². The Balaban J connectivity index is 3.35. The summed E-state index contributed by atoms with van der Waals surface area (Å²) in [4.78, 5) is 42.0. The normalized spacial score (nSPS) is 32.8. The number of aliphatic imine (C=N–C) groups is 3. The van der Waals surface area contributed by atoms with Crippen molar-refractivity contribution in [2.24, 2.45) is 15.0 Å². The van der Waals surface area contributed by atoms with Gasteiger partial charge < -0.3 is 0 Å². The van der Waals surface area contributed by atoms with Crippen LogP contribution >= 0.6 is 0 Å². The lowest BCUT2D eigenvalue weighted by Gasteiger charge is -2.40. The van der Waals surface area contributed by atoms with E-state index in [1.54, 1.807) is 6.92 Å². The van der Waals surface area contributed by atoms with E-state index in [-0.39, 0.29) is 0 Å². The fourth-order valence-electron chi connectivity index (χ4n) is 2.09. The van der Waals surface area contributed by atoms with E-state index in [1.165, 1.54) is 18.2 Å². The van der Waals surface area contributed by atoms with Gasteiger partial charge in [0.05, 0.1) is 0 Å². The maximum absolute atomic E-state index is 10.4. The van der Waals surface area contributed by atoms with Gasteiger partial charge in [0.25, 0.3) is 0 Å². The molecule has 1 rings (SSSR count). The quantitative estimate of drug-likeness (QED) is 0.526. The second-order valence-electron chi connectivity index (χ2n) is 3.91. The maximum atomic E-state index is 10.4. The van der Waals surface area contributed by atoms with Crippen LogP contribution in [-0.4, -0.2) is 29.4 Å². The molecule has 0 aromatic heterocycles. The first kappa shape index (κ1) is 12.2. The molecule has 0 spiro atoms. The summed E-state index contributed by atoms with van der Waals surface area (Å²) >= 11 is 0. The van der Waals surface area contributed by atoms with Crippen LogP contribution in [-0.2, 0) is 14.4 Å². The van der Waals surface area contributed by atoms with E-state index in [0.29, 0.717) is 12.8 Å². The fourth-order valence-corrected chi connectivity index (χ4v) is 2.09. The van der Waals surface area contributed by atoms with E-state index in [0.717, 1.165) is 12.8 Å². The molecule has 0 amide bonds. The van der Waals surface area contributed by atoms with Crippen molar-refractivity contribution in [3.8, 4) is 0 Å². The van der Waals surface area contributed by atoms with Gasteiger partial charge in [-0.2, -0.15) is 15.0 Å². The molecule has 6 nitrogen and oxygen atoms in total. The molecular formula is C10H11N3O3. The first-order chi connectivity index (χ1) is 7.64. The molecule has 1 atom stereocenters. The molecule has 16 heavy (non-hydrogen) atoms. The van der Waals surface area contributed by atoms with E-state index in [2.05, 4.69) is 15.0 Å². The Morgan fingerprint density at radius 2 is 1.38 bits per heavy atom. The van der Waals surface area contributed by atoms with Gasteiger partial charge in [0, 0.05) is 0 Å². The van der Waals surface area contributed by atoms with Crippen LogP contribution in [0.15, 0.2) is 15.0 Å². The Bertz CT molecular complexity index is 397. The predicted octanol–water partition coefficient (Wildman–Crippen LogP) is 1.02. The molecule has 1 fully saturated rings. The summed E-state index contributed by atoms with van der Waals surface area (Å²) in [5.41, 5.74) is -2.35. The Labute approximate surface area is 92.2 Å². The van der Waals surface area contributed by atoms with E-state index >= 15 is 0 Å². The summed E-state index contributed by atoms with van der Waals surface area (Å²) in [6.45, 7) is 1.62. The van der Waals surface area contributed by atoms with Crippen molar-refractivity contribution in [1.29, 1.82) is 0 Å². The third-order valence-corrected chi connectivity index (χ3v) is 3.06. The lowest BCUT2D eigenvalue weighted by Crippen LogP contribution is -2.50. The first-order valence-corrected chi connectivity index (χ1v) is 4.91. The van der Waals surface area contributed by atoms with Gasteiger partial charge in [0.2, 0.25) is 18.2 Å². The molecule has 1 saturated carbocycles. The average Bonchev–Trinajstić information content (AvgIpc) is 2.24. The van der Waals surface area contributed by atoms with Crippen LogP contribution in [0.4, 0.5) is 0 Å². The average molecular weight is 221 g/mol. The van der Waals surface area contributed by atoms with Crippen molar-refractivity contribution in [2.75, 3.05) is 0 Å². The van der Waals surface area contributed by atoms with Crippen LogP contribution < -0.4 is 0 Å².